The molecule has 0 aliphatic carbocycles. The molecule has 1 aromatic heterocycles. The molecular weight excluding hydrogens is 249 g/mol. The first-order valence-electron chi connectivity index (χ1n) is 4.63. The standard InChI is InChI=1S/C11H9ClFNOS/c1-6-2-3-7(4-8(6)13)10(15)11-14-5-9(12)16-11/h2-5,10,15H,1H3. The summed E-state index contributed by atoms with van der Waals surface area (Å²) in [6.45, 7) is 1.67. The summed E-state index contributed by atoms with van der Waals surface area (Å²) < 4.78 is 13.8. The van der Waals surface area contributed by atoms with Crippen LogP contribution in [0.1, 0.15) is 22.2 Å². The van der Waals surface area contributed by atoms with Crippen LogP contribution in [0.2, 0.25) is 4.34 Å². The van der Waals surface area contributed by atoms with E-state index in [1.165, 1.54) is 23.6 Å². The van der Waals surface area contributed by atoms with Gasteiger partial charge in [-0.1, -0.05) is 23.7 Å². The molecule has 0 fully saturated rings. The first-order valence-corrected chi connectivity index (χ1v) is 5.82. The van der Waals surface area contributed by atoms with Gasteiger partial charge in [-0.05, 0) is 24.1 Å². The lowest BCUT2D eigenvalue weighted by atomic mass is 10.1. The Morgan fingerprint density at radius 3 is 2.81 bits per heavy atom. The molecule has 1 N–H and O–H groups in total. The third-order valence-electron chi connectivity index (χ3n) is 2.24. The van der Waals surface area contributed by atoms with Gasteiger partial charge in [0, 0.05) is 0 Å². The van der Waals surface area contributed by atoms with Gasteiger partial charge in [0.05, 0.1) is 6.20 Å². The highest BCUT2D eigenvalue weighted by Gasteiger charge is 2.15. The van der Waals surface area contributed by atoms with E-state index in [1.54, 1.807) is 19.1 Å². The third kappa shape index (κ3) is 2.24. The summed E-state index contributed by atoms with van der Waals surface area (Å²) in [7, 11) is 0. The van der Waals surface area contributed by atoms with Crippen LogP contribution in [0.3, 0.4) is 0 Å². The van der Waals surface area contributed by atoms with Crippen LogP contribution in [0.15, 0.2) is 24.4 Å². The molecule has 0 radical (unpaired) electrons. The summed E-state index contributed by atoms with van der Waals surface area (Å²) in [4.78, 5) is 3.96. The van der Waals surface area contributed by atoms with E-state index in [9.17, 15) is 9.50 Å². The Labute approximate surface area is 101 Å². The lowest BCUT2D eigenvalue weighted by Crippen LogP contribution is -1.99. The summed E-state index contributed by atoms with van der Waals surface area (Å²) in [5.74, 6) is -0.334. The molecule has 0 saturated carbocycles. The van der Waals surface area contributed by atoms with Crippen molar-refractivity contribution in [3.05, 3.63) is 50.7 Å². The summed E-state index contributed by atoms with van der Waals surface area (Å²) in [5.41, 5.74) is 1.03. The number of aromatic nitrogens is 1. The molecule has 84 valence electrons. The molecule has 2 rings (SSSR count). The van der Waals surface area contributed by atoms with Gasteiger partial charge in [0.2, 0.25) is 0 Å². The van der Waals surface area contributed by atoms with E-state index in [0.717, 1.165) is 0 Å². The van der Waals surface area contributed by atoms with Crippen LogP contribution in [0.25, 0.3) is 0 Å². The number of benzene rings is 1. The van der Waals surface area contributed by atoms with Crippen LogP contribution in [-0.2, 0) is 0 Å². The third-order valence-corrected chi connectivity index (χ3v) is 3.41. The second-order valence-corrected chi connectivity index (χ2v) is 5.11. The monoisotopic (exact) mass is 257 g/mol. The van der Waals surface area contributed by atoms with Crippen molar-refractivity contribution < 1.29 is 9.50 Å². The maximum atomic E-state index is 13.3. The van der Waals surface area contributed by atoms with Crippen molar-refractivity contribution in [1.29, 1.82) is 0 Å². The molecule has 0 saturated heterocycles. The van der Waals surface area contributed by atoms with Crippen LogP contribution in [0.4, 0.5) is 4.39 Å². The summed E-state index contributed by atoms with van der Waals surface area (Å²) >= 11 is 6.90. The molecule has 1 aromatic carbocycles. The van der Waals surface area contributed by atoms with Crippen molar-refractivity contribution in [3.8, 4) is 0 Å². The van der Waals surface area contributed by atoms with Crippen LogP contribution >= 0.6 is 22.9 Å². The lowest BCUT2D eigenvalue weighted by Gasteiger charge is -2.08. The summed E-state index contributed by atoms with van der Waals surface area (Å²) in [5, 5.41) is 10.4. The number of hydrogen-bond donors (Lipinski definition) is 1. The Morgan fingerprint density at radius 1 is 1.50 bits per heavy atom. The Balaban J connectivity index is 2.33. The van der Waals surface area contributed by atoms with Crippen molar-refractivity contribution in [1.82, 2.24) is 4.98 Å². The van der Waals surface area contributed by atoms with E-state index in [2.05, 4.69) is 4.98 Å². The number of hydrogen-bond acceptors (Lipinski definition) is 3. The van der Waals surface area contributed by atoms with Gasteiger partial charge < -0.3 is 5.11 Å². The molecule has 1 heterocycles. The molecule has 1 atom stereocenters. The Bertz CT molecular complexity index is 514. The first-order chi connectivity index (χ1) is 7.58. The van der Waals surface area contributed by atoms with Crippen LogP contribution in [0.5, 0.6) is 0 Å². The zero-order chi connectivity index (χ0) is 11.7. The second kappa shape index (κ2) is 4.49. The maximum absolute atomic E-state index is 13.3. The molecular formula is C11H9ClFNOS. The number of aryl methyl sites for hydroxylation is 1. The van der Waals surface area contributed by atoms with Gasteiger partial charge >= 0.3 is 0 Å². The van der Waals surface area contributed by atoms with E-state index in [4.69, 9.17) is 11.6 Å². The number of aliphatic hydroxyl groups is 1. The minimum Gasteiger partial charge on any atom is -0.381 e. The van der Waals surface area contributed by atoms with Crippen LogP contribution in [0, 0.1) is 12.7 Å². The van der Waals surface area contributed by atoms with Gasteiger partial charge in [-0.15, -0.1) is 11.3 Å². The van der Waals surface area contributed by atoms with Gasteiger partial charge in [0.25, 0.3) is 0 Å². The summed E-state index contributed by atoms with van der Waals surface area (Å²) in [6.07, 6.45) is 0.544. The van der Waals surface area contributed by atoms with Gasteiger partial charge in [0.1, 0.15) is 21.3 Å². The van der Waals surface area contributed by atoms with Crippen molar-refractivity contribution in [2.24, 2.45) is 0 Å². The van der Waals surface area contributed by atoms with Crippen molar-refractivity contribution in [2.75, 3.05) is 0 Å². The number of rotatable bonds is 2. The van der Waals surface area contributed by atoms with Crippen LogP contribution < -0.4 is 0 Å². The molecule has 2 aromatic rings. The molecule has 16 heavy (non-hydrogen) atoms. The van der Waals surface area contributed by atoms with Crippen LogP contribution in [-0.4, -0.2) is 10.1 Å². The molecule has 0 amide bonds. The highest BCUT2D eigenvalue weighted by Crippen LogP contribution is 2.29. The average Bonchev–Trinajstić information content (AvgIpc) is 2.68. The Hall–Kier alpha value is -0.970. The quantitative estimate of drug-likeness (QED) is 0.895. The molecule has 0 aliphatic heterocycles. The highest BCUT2D eigenvalue weighted by atomic mass is 35.5. The average molecular weight is 258 g/mol. The zero-order valence-electron chi connectivity index (χ0n) is 8.45. The van der Waals surface area contributed by atoms with Gasteiger partial charge in [-0.25, -0.2) is 9.37 Å². The summed E-state index contributed by atoms with van der Waals surface area (Å²) in [6, 6.07) is 4.62. The maximum Gasteiger partial charge on any atom is 0.131 e. The predicted octanol–water partition coefficient (Wildman–Crippen LogP) is 3.33. The highest BCUT2D eigenvalue weighted by molar-refractivity contribution is 7.15. The van der Waals surface area contributed by atoms with Gasteiger partial charge in [-0.2, -0.15) is 0 Å². The fourth-order valence-electron chi connectivity index (χ4n) is 1.32. The van der Waals surface area contributed by atoms with Gasteiger partial charge in [-0.3, -0.25) is 0 Å². The van der Waals surface area contributed by atoms with E-state index in [-0.39, 0.29) is 5.82 Å². The number of aliphatic hydroxyl groups excluding tert-OH is 1. The smallest absolute Gasteiger partial charge is 0.131 e. The molecule has 0 spiro atoms. The van der Waals surface area contributed by atoms with Crippen molar-refractivity contribution in [2.45, 2.75) is 13.0 Å². The van der Waals surface area contributed by atoms with Crippen molar-refractivity contribution in [3.63, 3.8) is 0 Å². The molecule has 1 unspecified atom stereocenters. The number of thiazole rings is 1. The van der Waals surface area contributed by atoms with E-state index >= 15 is 0 Å². The number of halogens is 2. The predicted molar refractivity (Wildman–Crippen MR) is 62.3 cm³/mol. The molecule has 2 nitrogen and oxygen atoms in total. The second-order valence-electron chi connectivity index (χ2n) is 3.41. The zero-order valence-corrected chi connectivity index (χ0v) is 10.0. The van der Waals surface area contributed by atoms with Crippen molar-refractivity contribution >= 4 is 22.9 Å². The normalized spacial score (nSPS) is 12.8. The lowest BCUT2D eigenvalue weighted by molar-refractivity contribution is 0.219. The van der Waals surface area contributed by atoms with E-state index in [0.29, 0.717) is 20.5 Å². The minimum atomic E-state index is -0.924. The Kier molecular flexibility index (Phi) is 3.23. The minimum absolute atomic E-state index is 0.334. The Morgan fingerprint density at radius 2 is 2.25 bits per heavy atom. The molecule has 0 aliphatic rings. The first kappa shape index (κ1) is 11.5. The fourth-order valence-corrected chi connectivity index (χ4v) is 2.26. The SMILES string of the molecule is Cc1ccc(C(O)c2ncc(Cl)s2)cc1F. The topological polar surface area (TPSA) is 33.1 Å². The fraction of sp³-hybridized carbons (Fsp3) is 0.182. The van der Waals surface area contributed by atoms with E-state index < -0.39 is 6.10 Å². The largest absolute Gasteiger partial charge is 0.381 e. The van der Waals surface area contributed by atoms with E-state index in [1.807, 2.05) is 0 Å². The number of nitrogens with zero attached hydrogens (tertiary/aromatic N) is 1. The molecule has 5 heteroatoms. The van der Waals surface area contributed by atoms with Gasteiger partial charge in [0.15, 0.2) is 0 Å². The molecule has 0 bridgehead atoms.